The van der Waals surface area contributed by atoms with Gasteiger partial charge >= 0.3 is 0 Å². The molecule has 0 heterocycles. The van der Waals surface area contributed by atoms with Gasteiger partial charge in [-0.05, 0) is 30.0 Å². The van der Waals surface area contributed by atoms with E-state index in [1.807, 2.05) is 18.2 Å². The fourth-order valence-electron chi connectivity index (χ4n) is 1.13. The van der Waals surface area contributed by atoms with E-state index in [1.165, 1.54) is 5.56 Å². The Hall–Kier alpha value is 0.470. The summed E-state index contributed by atoms with van der Waals surface area (Å²) in [6.45, 7) is 2.20. The minimum atomic E-state index is 0.608. The molecule has 0 fully saturated rings. The fourth-order valence-corrected chi connectivity index (χ4v) is 2.25. The van der Waals surface area contributed by atoms with Crippen LogP contribution < -0.4 is 0 Å². The lowest BCUT2D eigenvalue weighted by atomic mass is 10.0. The Balaban J connectivity index is 2.87. The maximum Gasteiger partial charge on any atom is 0.0449 e. The van der Waals surface area contributed by atoms with Crippen LogP contribution in [-0.4, -0.2) is 5.33 Å². The van der Waals surface area contributed by atoms with Crippen LogP contribution in [0.1, 0.15) is 12.5 Å². The van der Waals surface area contributed by atoms with Gasteiger partial charge in [-0.2, -0.15) is 0 Å². The van der Waals surface area contributed by atoms with Crippen molar-refractivity contribution in [2.24, 2.45) is 5.92 Å². The number of halogens is 3. The summed E-state index contributed by atoms with van der Waals surface area (Å²) in [5, 5.41) is 1.85. The van der Waals surface area contributed by atoms with E-state index < -0.39 is 0 Å². The largest absolute Gasteiger partial charge is 0.0925 e. The van der Waals surface area contributed by atoms with Crippen LogP contribution in [0.15, 0.2) is 22.7 Å². The molecule has 0 N–H and O–H groups in total. The molecule has 0 aliphatic heterocycles. The van der Waals surface area contributed by atoms with E-state index in [1.54, 1.807) is 0 Å². The van der Waals surface area contributed by atoms with Crippen molar-refractivity contribution in [1.82, 2.24) is 0 Å². The Labute approximate surface area is 101 Å². The van der Waals surface area contributed by atoms with E-state index in [0.29, 0.717) is 5.92 Å². The Morgan fingerprint density at radius 2 is 2.15 bits per heavy atom. The van der Waals surface area contributed by atoms with Gasteiger partial charge in [-0.1, -0.05) is 56.5 Å². The minimum Gasteiger partial charge on any atom is -0.0925 e. The van der Waals surface area contributed by atoms with Gasteiger partial charge in [0.05, 0.1) is 0 Å². The molecule has 0 aliphatic rings. The van der Waals surface area contributed by atoms with Gasteiger partial charge in [-0.3, -0.25) is 0 Å². The molecule has 0 saturated heterocycles. The molecule has 0 aliphatic carbocycles. The van der Waals surface area contributed by atoms with Crippen LogP contribution in [-0.2, 0) is 6.42 Å². The number of rotatable bonds is 3. The molecule has 0 saturated carbocycles. The van der Waals surface area contributed by atoms with E-state index in [-0.39, 0.29) is 0 Å². The zero-order chi connectivity index (χ0) is 9.84. The SMILES string of the molecule is CC(CBr)Cc1c(Cl)cccc1Br. The normalized spacial score (nSPS) is 12.9. The second-order valence-corrected chi connectivity index (χ2v) is 5.07. The molecular formula is C10H11Br2Cl. The summed E-state index contributed by atoms with van der Waals surface area (Å²) in [7, 11) is 0. The van der Waals surface area contributed by atoms with Crippen molar-refractivity contribution in [3.05, 3.63) is 33.3 Å². The summed E-state index contributed by atoms with van der Waals surface area (Å²) in [6.07, 6.45) is 1.01. The first-order valence-corrected chi connectivity index (χ1v) is 6.43. The molecule has 0 aromatic heterocycles. The van der Waals surface area contributed by atoms with Gasteiger partial charge in [0, 0.05) is 14.8 Å². The molecule has 1 unspecified atom stereocenters. The molecule has 72 valence electrons. The lowest BCUT2D eigenvalue weighted by Gasteiger charge is -2.10. The van der Waals surface area contributed by atoms with Crippen molar-refractivity contribution >= 4 is 43.5 Å². The van der Waals surface area contributed by atoms with Crippen LogP contribution in [0.25, 0.3) is 0 Å². The summed E-state index contributed by atoms with van der Waals surface area (Å²) < 4.78 is 1.10. The fraction of sp³-hybridized carbons (Fsp3) is 0.400. The van der Waals surface area contributed by atoms with Crippen LogP contribution in [0, 0.1) is 5.92 Å². The topological polar surface area (TPSA) is 0 Å². The van der Waals surface area contributed by atoms with Crippen molar-refractivity contribution < 1.29 is 0 Å². The third-order valence-electron chi connectivity index (χ3n) is 1.88. The first-order valence-electron chi connectivity index (χ1n) is 4.14. The van der Waals surface area contributed by atoms with E-state index in [9.17, 15) is 0 Å². The van der Waals surface area contributed by atoms with Gasteiger partial charge in [0.2, 0.25) is 0 Å². The van der Waals surface area contributed by atoms with E-state index in [0.717, 1.165) is 21.2 Å². The molecular weight excluding hydrogens is 315 g/mol. The highest BCUT2D eigenvalue weighted by Gasteiger charge is 2.08. The van der Waals surface area contributed by atoms with Gasteiger partial charge in [0.1, 0.15) is 0 Å². The number of alkyl halides is 1. The number of benzene rings is 1. The third-order valence-corrected chi connectivity index (χ3v) is 4.08. The van der Waals surface area contributed by atoms with Gasteiger partial charge < -0.3 is 0 Å². The number of hydrogen-bond donors (Lipinski definition) is 0. The lowest BCUT2D eigenvalue weighted by molar-refractivity contribution is 0.661. The van der Waals surface area contributed by atoms with Crippen molar-refractivity contribution in [3.63, 3.8) is 0 Å². The van der Waals surface area contributed by atoms with Gasteiger partial charge in [-0.15, -0.1) is 0 Å². The summed E-state index contributed by atoms with van der Waals surface area (Å²) in [4.78, 5) is 0. The first kappa shape index (κ1) is 11.5. The predicted molar refractivity (Wildman–Crippen MR) is 65.8 cm³/mol. The molecule has 1 rings (SSSR count). The Bertz CT molecular complexity index is 266. The Morgan fingerprint density at radius 1 is 1.46 bits per heavy atom. The van der Waals surface area contributed by atoms with Crippen LogP contribution in [0.2, 0.25) is 5.02 Å². The molecule has 0 nitrogen and oxygen atoms in total. The molecule has 13 heavy (non-hydrogen) atoms. The quantitative estimate of drug-likeness (QED) is 0.708. The van der Waals surface area contributed by atoms with Crippen LogP contribution in [0.3, 0.4) is 0 Å². The highest BCUT2D eigenvalue weighted by molar-refractivity contribution is 9.10. The maximum atomic E-state index is 6.09. The van der Waals surface area contributed by atoms with Crippen molar-refractivity contribution in [1.29, 1.82) is 0 Å². The van der Waals surface area contributed by atoms with E-state index >= 15 is 0 Å². The third kappa shape index (κ3) is 3.26. The summed E-state index contributed by atoms with van der Waals surface area (Å²) >= 11 is 13.1. The minimum absolute atomic E-state index is 0.608. The molecule has 1 aromatic rings. The van der Waals surface area contributed by atoms with Crippen molar-refractivity contribution in [3.8, 4) is 0 Å². The highest BCUT2D eigenvalue weighted by atomic mass is 79.9. The highest BCUT2D eigenvalue weighted by Crippen LogP contribution is 2.27. The van der Waals surface area contributed by atoms with Crippen molar-refractivity contribution in [2.45, 2.75) is 13.3 Å². The summed E-state index contributed by atoms with van der Waals surface area (Å²) in [5.41, 5.74) is 1.20. The molecule has 1 aromatic carbocycles. The number of hydrogen-bond acceptors (Lipinski definition) is 0. The van der Waals surface area contributed by atoms with E-state index in [2.05, 4.69) is 38.8 Å². The second-order valence-electron chi connectivity index (χ2n) is 3.16. The smallest absolute Gasteiger partial charge is 0.0449 e. The zero-order valence-electron chi connectivity index (χ0n) is 7.36. The first-order chi connectivity index (χ1) is 6.15. The van der Waals surface area contributed by atoms with Gasteiger partial charge in [0.15, 0.2) is 0 Å². The average Bonchev–Trinajstić information content (AvgIpc) is 2.11. The zero-order valence-corrected chi connectivity index (χ0v) is 11.3. The van der Waals surface area contributed by atoms with Crippen LogP contribution in [0.5, 0.6) is 0 Å². The molecule has 0 bridgehead atoms. The van der Waals surface area contributed by atoms with Gasteiger partial charge in [0.25, 0.3) is 0 Å². The van der Waals surface area contributed by atoms with Gasteiger partial charge in [-0.25, -0.2) is 0 Å². The second kappa shape index (κ2) is 5.38. The predicted octanol–water partition coefficient (Wildman–Crippen LogP) is 4.68. The molecule has 0 spiro atoms. The lowest BCUT2D eigenvalue weighted by Crippen LogP contribution is -2.01. The van der Waals surface area contributed by atoms with Crippen molar-refractivity contribution in [2.75, 3.05) is 5.33 Å². The van der Waals surface area contributed by atoms with Crippen LogP contribution >= 0.6 is 43.5 Å². The summed E-state index contributed by atoms with van der Waals surface area (Å²) in [6, 6.07) is 5.92. The average molecular weight is 326 g/mol. The van der Waals surface area contributed by atoms with Crippen LogP contribution in [0.4, 0.5) is 0 Å². The molecule has 1 atom stereocenters. The maximum absolute atomic E-state index is 6.09. The Kier molecular flexibility index (Phi) is 4.77. The standard InChI is InChI=1S/C10H11Br2Cl/c1-7(6-11)5-8-9(12)3-2-4-10(8)13/h2-4,7H,5-6H2,1H3. The van der Waals surface area contributed by atoms with E-state index in [4.69, 9.17) is 11.6 Å². The molecule has 3 heteroatoms. The Morgan fingerprint density at radius 3 is 2.69 bits per heavy atom. The molecule has 0 radical (unpaired) electrons. The summed E-state index contributed by atoms with van der Waals surface area (Å²) in [5.74, 6) is 0.608. The molecule has 0 amide bonds. The monoisotopic (exact) mass is 324 g/mol.